The van der Waals surface area contributed by atoms with Gasteiger partial charge in [0.2, 0.25) is 0 Å². The highest BCUT2D eigenvalue weighted by Crippen LogP contribution is 2.28. The molecule has 0 aliphatic rings. The van der Waals surface area contributed by atoms with E-state index in [0.717, 1.165) is 33.6 Å². The monoisotopic (exact) mass is 509 g/mol. The zero-order valence-electron chi connectivity index (χ0n) is 22.6. The molecule has 0 fully saturated rings. The number of amides is 1. The number of H-pyrrole nitrogens is 1. The third-order valence-corrected chi connectivity index (χ3v) is 6.05. The summed E-state index contributed by atoms with van der Waals surface area (Å²) >= 11 is 0. The van der Waals surface area contributed by atoms with E-state index in [9.17, 15) is 4.79 Å². The maximum atomic E-state index is 12.4. The van der Waals surface area contributed by atoms with E-state index in [0.29, 0.717) is 0 Å². The molecule has 1 unspecified atom stereocenters. The van der Waals surface area contributed by atoms with Crippen molar-refractivity contribution in [3.8, 4) is 22.4 Å². The van der Waals surface area contributed by atoms with Crippen LogP contribution in [0.2, 0.25) is 0 Å². The normalized spacial score (nSPS) is 12.8. The molecule has 4 aromatic rings. The molecule has 38 heavy (non-hydrogen) atoms. The van der Waals surface area contributed by atoms with Crippen molar-refractivity contribution in [3.05, 3.63) is 85.0 Å². The lowest BCUT2D eigenvalue weighted by Crippen LogP contribution is -2.49. The molecular formula is C31H35N5O2. The zero-order valence-corrected chi connectivity index (χ0v) is 22.6. The van der Waals surface area contributed by atoms with E-state index in [2.05, 4.69) is 80.8 Å². The van der Waals surface area contributed by atoms with Crippen molar-refractivity contribution in [1.29, 1.82) is 0 Å². The van der Waals surface area contributed by atoms with E-state index in [1.807, 2.05) is 52.9 Å². The van der Waals surface area contributed by atoms with Gasteiger partial charge >= 0.3 is 6.09 Å². The molecule has 1 amide bonds. The summed E-state index contributed by atoms with van der Waals surface area (Å²) in [6.07, 6.45) is 4.35. The zero-order chi connectivity index (χ0) is 27.3. The van der Waals surface area contributed by atoms with Gasteiger partial charge in [-0.3, -0.25) is 4.99 Å². The number of fused-ring (bicyclic) bond motifs is 1. The number of nitrogens with one attached hydrogen (secondary N) is 3. The Balaban J connectivity index is 1.53. The average Bonchev–Trinajstić information content (AvgIpc) is 3.41. The molecule has 3 N–H and O–H groups in total. The Morgan fingerprint density at radius 2 is 1.61 bits per heavy atom. The summed E-state index contributed by atoms with van der Waals surface area (Å²) in [5, 5.41) is 8.65. The van der Waals surface area contributed by atoms with Crippen molar-refractivity contribution in [2.75, 3.05) is 0 Å². The number of alkyl carbamates (subject to hydrolysis) is 1. The van der Waals surface area contributed by atoms with Gasteiger partial charge in [-0.05, 0) is 73.0 Å². The average molecular weight is 510 g/mol. The second-order valence-corrected chi connectivity index (χ2v) is 10.6. The van der Waals surface area contributed by atoms with Crippen LogP contribution in [0.4, 0.5) is 4.79 Å². The first-order valence-corrected chi connectivity index (χ1v) is 12.7. The molecule has 196 valence electrons. The standard InChI is InChI=1S/C31H35N5O2/c1-20(2)29(36-30(37)38-31(3,4)5)35-28(17-32-6)22-9-7-21(8-10-22)23-11-12-25-16-26(14-13-24(25)15-23)27-18-33-19-34-27/h7-20,29,35H,6H2,1-5H3,(H,33,34)(H,36,37)/b28-17-. The third-order valence-electron chi connectivity index (χ3n) is 6.05. The van der Waals surface area contributed by atoms with Crippen LogP contribution in [-0.2, 0) is 4.74 Å². The minimum atomic E-state index is -0.576. The lowest BCUT2D eigenvalue weighted by atomic mass is 9.98. The summed E-state index contributed by atoms with van der Waals surface area (Å²) in [7, 11) is 0. The van der Waals surface area contributed by atoms with Gasteiger partial charge in [-0.25, -0.2) is 9.78 Å². The van der Waals surface area contributed by atoms with Gasteiger partial charge in [0.15, 0.2) is 0 Å². The van der Waals surface area contributed by atoms with E-state index in [1.165, 1.54) is 10.8 Å². The summed E-state index contributed by atoms with van der Waals surface area (Å²) in [4.78, 5) is 23.6. The molecule has 0 aliphatic heterocycles. The van der Waals surface area contributed by atoms with E-state index < -0.39 is 11.7 Å². The van der Waals surface area contributed by atoms with Gasteiger partial charge in [0.25, 0.3) is 0 Å². The SMILES string of the molecule is C=N/C=C(\NC(NC(=O)OC(C)(C)C)C(C)C)c1ccc(-c2ccc3cc(-c4cnc[nH]4)ccc3c2)cc1. The first-order valence-electron chi connectivity index (χ1n) is 12.7. The number of hydrogen-bond donors (Lipinski definition) is 3. The predicted octanol–water partition coefficient (Wildman–Crippen LogP) is 6.99. The van der Waals surface area contributed by atoms with Gasteiger partial charge in [0.1, 0.15) is 11.8 Å². The number of benzene rings is 3. The first kappa shape index (κ1) is 26.7. The van der Waals surface area contributed by atoms with Gasteiger partial charge in [-0.15, -0.1) is 0 Å². The summed E-state index contributed by atoms with van der Waals surface area (Å²) in [5.41, 5.74) is 5.45. The molecule has 7 nitrogen and oxygen atoms in total. The fourth-order valence-electron chi connectivity index (χ4n) is 4.11. The molecule has 1 atom stereocenters. The second-order valence-electron chi connectivity index (χ2n) is 10.6. The van der Waals surface area contributed by atoms with Crippen molar-refractivity contribution in [3.63, 3.8) is 0 Å². The minimum Gasteiger partial charge on any atom is -0.444 e. The molecule has 0 saturated carbocycles. The lowest BCUT2D eigenvalue weighted by Gasteiger charge is -2.28. The van der Waals surface area contributed by atoms with Crippen LogP contribution in [-0.4, -0.2) is 34.5 Å². The van der Waals surface area contributed by atoms with Crippen molar-refractivity contribution < 1.29 is 9.53 Å². The smallest absolute Gasteiger partial charge is 0.409 e. The third kappa shape index (κ3) is 6.68. The maximum Gasteiger partial charge on any atom is 0.409 e. The lowest BCUT2D eigenvalue weighted by molar-refractivity contribution is 0.0484. The number of carbonyl (C=O) groups excluding carboxylic acids is 1. The van der Waals surface area contributed by atoms with Gasteiger partial charge in [-0.1, -0.05) is 62.4 Å². The number of hydrogen-bond acceptors (Lipinski definition) is 5. The van der Waals surface area contributed by atoms with Gasteiger partial charge in [0.05, 0.1) is 23.9 Å². The molecule has 0 aliphatic carbocycles. The highest BCUT2D eigenvalue weighted by atomic mass is 16.6. The van der Waals surface area contributed by atoms with Crippen molar-refractivity contribution >= 4 is 29.3 Å². The van der Waals surface area contributed by atoms with Gasteiger partial charge in [0, 0.05) is 11.8 Å². The van der Waals surface area contributed by atoms with E-state index >= 15 is 0 Å². The molecule has 0 bridgehead atoms. The van der Waals surface area contributed by atoms with Crippen LogP contribution in [0.25, 0.3) is 38.9 Å². The topological polar surface area (TPSA) is 91.4 Å². The summed E-state index contributed by atoms with van der Waals surface area (Å²) in [6.45, 7) is 13.2. The highest BCUT2D eigenvalue weighted by molar-refractivity contribution is 5.90. The number of rotatable bonds is 8. The first-order chi connectivity index (χ1) is 18.1. The van der Waals surface area contributed by atoms with Crippen LogP contribution in [0.3, 0.4) is 0 Å². The highest BCUT2D eigenvalue weighted by Gasteiger charge is 2.22. The minimum absolute atomic E-state index is 0.0985. The quantitative estimate of drug-likeness (QED) is 0.176. The van der Waals surface area contributed by atoms with Crippen LogP contribution in [0.5, 0.6) is 0 Å². The number of aromatic amines is 1. The maximum absolute atomic E-state index is 12.4. The molecule has 7 heteroatoms. The van der Waals surface area contributed by atoms with E-state index in [1.54, 1.807) is 12.5 Å². The summed E-state index contributed by atoms with van der Waals surface area (Å²) < 4.78 is 5.44. The Morgan fingerprint density at radius 3 is 2.18 bits per heavy atom. The fraction of sp³-hybridized carbons (Fsp3) is 0.258. The number of carbonyl (C=O) groups is 1. The summed E-state index contributed by atoms with van der Waals surface area (Å²) in [6, 6.07) is 21.1. The molecule has 0 radical (unpaired) electrons. The van der Waals surface area contributed by atoms with Crippen molar-refractivity contribution in [1.82, 2.24) is 20.6 Å². The molecular weight excluding hydrogens is 474 g/mol. The van der Waals surface area contributed by atoms with Crippen LogP contribution in [0.1, 0.15) is 40.2 Å². The van der Waals surface area contributed by atoms with Crippen LogP contribution in [0, 0.1) is 5.92 Å². The number of nitrogens with zero attached hydrogens (tertiary/aromatic N) is 2. The Bertz CT molecular complexity index is 1430. The molecule has 4 rings (SSSR count). The largest absolute Gasteiger partial charge is 0.444 e. The number of aromatic nitrogens is 2. The fourth-order valence-corrected chi connectivity index (χ4v) is 4.11. The van der Waals surface area contributed by atoms with Crippen LogP contribution in [0.15, 0.2) is 84.4 Å². The van der Waals surface area contributed by atoms with Crippen LogP contribution >= 0.6 is 0 Å². The second kappa shape index (κ2) is 11.3. The molecule has 1 heterocycles. The van der Waals surface area contributed by atoms with Crippen molar-refractivity contribution in [2.24, 2.45) is 10.9 Å². The molecule has 3 aromatic carbocycles. The van der Waals surface area contributed by atoms with Gasteiger partial charge in [-0.2, -0.15) is 0 Å². The van der Waals surface area contributed by atoms with E-state index in [4.69, 9.17) is 4.74 Å². The van der Waals surface area contributed by atoms with Crippen LogP contribution < -0.4 is 10.6 Å². The Kier molecular flexibility index (Phi) is 7.96. The molecule has 0 spiro atoms. The van der Waals surface area contributed by atoms with Gasteiger partial charge < -0.3 is 20.4 Å². The Hall–Kier alpha value is -4.39. The van der Waals surface area contributed by atoms with E-state index in [-0.39, 0.29) is 12.1 Å². The predicted molar refractivity (Wildman–Crippen MR) is 156 cm³/mol. The van der Waals surface area contributed by atoms with Crippen molar-refractivity contribution in [2.45, 2.75) is 46.4 Å². The Labute approximate surface area is 224 Å². The molecule has 0 saturated heterocycles. The number of imidazole rings is 1. The number of aliphatic imine (C=N–C) groups is 1. The number of ether oxygens (including phenoxy) is 1. The molecule has 1 aromatic heterocycles. The summed E-state index contributed by atoms with van der Waals surface area (Å²) in [5.74, 6) is 0.0985. The Morgan fingerprint density at radius 1 is 0.974 bits per heavy atom.